The third-order valence-electron chi connectivity index (χ3n) is 5.59. The molecule has 0 unspecified atom stereocenters. The molecule has 3 rings (SSSR count). The zero-order valence-corrected chi connectivity index (χ0v) is 18.2. The van der Waals surface area contributed by atoms with Crippen LogP contribution in [0.5, 0.6) is 0 Å². The molecule has 0 saturated carbocycles. The highest BCUT2D eigenvalue weighted by atomic mass is 19.4. The summed E-state index contributed by atoms with van der Waals surface area (Å²) >= 11 is 0. The van der Waals surface area contributed by atoms with Gasteiger partial charge in [-0.2, -0.15) is 26.3 Å². The summed E-state index contributed by atoms with van der Waals surface area (Å²) in [7, 11) is 0. The summed E-state index contributed by atoms with van der Waals surface area (Å²) in [5, 5.41) is 5.31. The van der Waals surface area contributed by atoms with Crippen molar-refractivity contribution >= 4 is 11.8 Å². The first kappa shape index (κ1) is 25.5. The van der Waals surface area contributed by atoms with Crippen molar-refractivity contribution in [2.24, 2.45) is 0 Å². The van der Waals surface area contributed by atoms with E-state index >= 15 is 0 Å². The summed E-state index contributed by atoms with van der Waals surface area (Å²) in [6.07, 6.45) is -11.0. The van der Waals surface area contributed by atoms with Crippen LogP contribution in [0, 0.1) is 0 Å². The molecule has 0 aromatic heterocycles. The summed E-state index contributed by atoms with van der Waals surface area (Å²) in [4.78, 5) is 24.0. The zero-order valence-electron chi connectivity index (χ0n) is 18.2. The van der Waals surface area contributed by atoms with Crippen molar-refractivity contribution in [3.63, 3.8) is 0 Å². The molecule has 184 valence electrons. The largest absolute Gasteiger partial charge is 0.416 e. The van der Waals surface area contributed by atoms with E-state index < -0.39 is 53.0 Å². The molecule has 34 heavy (non-hydrogen) atoms. The Labute approximate surface area is 191 Å². The second kappa shape index (κ2) is 9.28. The van der Waals surface area contributed by atoms with E-state index in [0.717, 1.165) is 0 Å². The van der Waals surface area contributed by atoms with Crippen LogP contribution in [0.3, 0.4) is 0 Å². The predicted molar refractivity (Wildman–Crippen MR) is 109 cm³/mol. The second-order valence-electron chi connectivity index (χ2n) is 8.19. The molecule has 1 heterocycles. The number of hydrogen-bond donors (Lipinski definition) is 2. The minimum Gasteiger partial charge on any atom is -0.371 e. The Morgan fingerprint density at radius 1 is 1.09 bits per heavy atom. The molecule has 2 N–H and O–H groups in total. The van der Waals surface area contributed by atoms with Gasteiger partial charge in [0, 0.05) is 13.3 Å². The van der Waals surface area contributed by atoms with Gasteiger partial charge in [-0.15, -0.1) is 0 Å². The number of amides is 2. The summed E-state index contributed by atoms with van der Waals surface area (Å²) in [5.74, 6) is -0.907. The Bertz CT molecular complexity index is 1020. The lowest BCUT2D eigenvalue weighted by Crippen LogP contribution is -2.43. The van der Waals surface area contributed by atoms with E-state index in [4.69, 9.17) is 4.74 Å². The van der Waals surface area contributed by atoms with E-state index in [9.17, 15) is 35.9 Å². The van der Waals surface area contributed by atoms with E-state index in [-0.39, 0.29) is 24.7 Å². The normalized spacial score (nSPS) is 21.8. The molecule has 1 aliphatic heterocycles. The van der Waals surface area contributed by atoms with E-state index in [1.807, 2.05) is 0 Å². The molecule has 5 nitrogen and oxygen atoms in total. The fourth-order valence-electron chi connectivity index (χ4n) is 3.88. The Morgan fingerprint density at radius 3 is 2.15 bits per heavy atom. The molecule has 1 saturated heterocycles. The van der Waals surface area contributed by atoms with Gasteiger partial charge in [0.1, 0.15) is 6.04 Å². The van der Waals surface area contributed by atoms with Crippen LogP contribution in [0.1, 0.15) is 48.6 Å². The van der Waals surface area contributed by atoms with E-state index in [2.05, 4.69) is 10.6 Å². The number of hydrogen-bond acceptors (Lipinski definition) is 3. The summed E-state index contributed by atoms with van der Waals surface area (Å²) in [5.41, 5.74) is -3.72. The van der Waals surface area contributed by atoms with Gasteiger partial charge >= 0.3 is 12.4 Å². The fourth-order valence-corrected chi connectivity index (χ4v) is 3.88. The van der Waals surface area contributed by atoms with Gasteiger partial charge in [0.05, 0.1) is 29.4 Å². The zero-order chi connectivity index (χ0) is 25.3. The first-order valence-electron chi connectivity index (χ1n) is 10.3. The quantitative estimate of drug-likeness (QED) is 0.579. The number of alkyl halides is 6. The molecule has 2 amide bonds. The maximum absolute atomic E-state index is 13.2. The van der Waals surface area contributed by atoms with Gasteiger partial charge in [-0.05, 0) is 36.2 Å². The molecule has 11 heteroatoms. The molecule has 3 atom stereocenters. The number of rotatable bonds is 6. The van der Waals surface area contributed by atoms with Gasteiger partial charge in [0.25, 0.3) is 0 Å². The van der Waals surface area contributed by atoms with Gasteiger partial charge in [-0.1, -0.05) is 30.3 Å². The predicted octanol–water partition coefficient (Wildman–Crippen LogP) is 4.72. The summed E-state index contributed by atoms with van der Waals surface area (Å²) in [6.45, 7) is 2.33. The number of halogens is 6. The van der Waals surface area contributed by atoms with Crippen molar-refractivity contribution in [1.29, 1.82) is 0 Å². The van der Waals surface area contributed by atoms with Crippen molar-refractivity contribution in [1.82, 2.24) is 10.6 Å². The van der Waals surface area contributed by atoms with Crippen LogP contribution in [0.2, 0.25) is 0 Å². The number of benzene rings is 2. The molecular weight excluding hydrogens is 466 g/mol. The summed E-state index contributed by atoms with van der Waals surface area (Å²) < 4.78 is 85.0. The molecule has 0 aliphatic carbocycles. The Balaban J connectivity index is 1.91. The lowest BCUT2D eigenvalue weighted by molar-refractivity contribution is -0.143. The van der Waals surface area contributed by atoms with Crippen molar-refractivity contribution < 1.29 is 40.7 Å². The van der Waals surface area contributed by atoms with Gasteiger partial charge in [-0.3, -0.25) is 9.59 Å². The van der Waals surface area contributed by atoms with Crippen molar-refractivity contribution in [2.45, 2.75) is 50.3 Å². The molecule has 2 aromatic rings. The second-order valence-corrected chi connectivity index (χ2v) is 8.19. The van der Waals surface area contributed by atoms with E-state index in [1.165, 1.54) is 13.8 Å². The first-order chi connectivity index (χ1) is 15.7. The molecule has 0 spiro atoms. The van der Waals surface area contributed by atoms with E-state index in [1.54, 1.807) is 30.3 Å². The molecular formula is C23H22F6N2O3. The third kappa shape index (κ3) is 5.69. The maximum Gasteiger partial charge on any atom is 0.416 e. The van der Waals surface area contributed by atoms with Crippen molar-refractivity contribution in [3.05, 3.63) is 70.8 Å². The highest BCUT2D eigenvalue weighted by Gasteiger charge is 2.46. The Kier molecular flexibility index (Phi) is 6.97. The lowest BCUT2D eigenvalue weighted by Gasteiger charge is -2.31. The monoisotopic (exact) mass is 488 g/mol. The third-order valence-corrected chi connectivity index (χ3v) is 5.59. The minimum atomic E-state index is -4.98. The smallest absolute Gasteiger partial charge is 0.371 e. The van der Waals surface area contributed by atoms with Crippen molar-refractivity contribution in [2.75, 3.05) is 6.61 Å². The van der Waals surface area contributed by atoms with Gasteiger partial charge in [0.15, 0.2) is 0 Å². The highest BCUT2D eigenvalue weighted by molar-refractivity contribution is 5.89. The molecule has 1 aliphatic rings. The Hall–Kier alpha value is -3.08. The van der Waals surface area contributed by atoms with Crippen LogP contribution in [0.15, 0.2) is 48.5 Å². The number of carbonyl (C=O) groups excluding carboxylic acids is 2. The molecule has 2 aromatic carbocycles. The average Bonchev–Trinajstić information content (AvgIpc) is 3.07. The highest BCUT2D eigenvalue weighted by Crippen LogP contribution is 2.39. The van der Waals surface area contributed by atoms with Crippen LogP contribution < -0.4 is 10.6 Å². The topological polar surface area (TPSA) is 67.4 Å². The fraction of sp³-hybridized carbons (Fsp3) is 0.391. The van der Waals surface area contributed by atoms with Gasteiger partial charge < -0.3 is 15.4 Å². The van der Waals surface area contributed by atoms with E-state index in [0.29, 0.717) is 17.7 Å². The van der Waals surface area contributed by atoms with Gasteiger partial charge in [0.2, 0.25) is 11.8 Å². The number of ether oxygens (including phenoxy) is 1. The van der Waals surface area contributed by atoms with Crippen molar-refractivity contribution in [3.8, 4) is 0 Å². The van der Waals surface area contributed by atoms with Crippen LogP contribution in [0.25, 0.3) is 0 Å². The number of nitrogens with one attached hydrogen (secondary N) is 2. The lowest BCUT2D eigenvalue weighted by atomic mass is 9.88. The molecule has 1 fully saturated rings. The Morgan fingerprint density at radius 2 is 1.65 bits per heavy atom. The first-order valence-corrected chi connectivity index (χ1v) is 10.3. The minimum absolute atomic E-state index is 0.0525. The average molecular weight is 488 g/mol. The maximum atomic E-state index is 13.2. The molecule has 0 bridgehead atoms. The summed E-state index contributed by atoms with van der Waals surface area (Å²) in [6, 6.07) is 8.97. The SMILES string of the molecule is CC(=O)N[C@H]1C[C@@](CO[C@H](C)c2cc(C(F)(F)F)cc(C(F)(F)F)c2)(c2ccccc2)NC1=O. The standard InChI is InChI=1S/C23H22F6N2O3/c1-13(15-8-17(22(24,25)26)10-18(9-15)23(27,28)29)34-12-21(16-6-4-3-5-7-16)11-19(20(33)31-21)30-14(2)32/h3-10,13,19H,11-12H2,1-2H3,(H,30,32)(H,31,33)/t13-,19+,21-/m1/s1. The van der Waals surface area contributed by atoms with Crippen LogP contribution in [-0.2, 0) is 32.2 Å². The van der Waals surface area contributed by atoms with Crippen LogP contribution in [-0.4, -0.2) is 24.5 Å². The van der Waals surface area contributed by atoms with Crippen LogP contribution >= 0.6 is 0 Å². The van der Waals surface area contributed by atoms with Gasteiger partial charge in [-0.25, -0.2) is 0 Å². The van der Waals surface area contributed by atoms with Crippen LogP contribution in [0.4, 0.5) is 26.3 Å². The number of carbonyl (C=O) groups is 2. The molecule has 0 radical (unpaired) electrons.